The summed E-state index contributed by atoms with van der Waals surface area (Å²) >= 11 is 6.44. The number of halogens is 1. The van der Waals surface area contributed by atoms with Crippen LogP contribution in [-0.2, 0) is 24.7 Å². The molecule has 0 saturated carbocycles. The third kappa shape index (κ3) is 2.20. The van der Waals surface area contributed by atoms with Crippen LogP contribution in [0.15, 0.2) is 42.5 Å². The third-order valence-corrected chi connectivity index (χ3v) is 8.06. The molecule has 4 nitrogen and oxygen atoms in total. The van der Waals surface area contributed by atoms with Gasteiger partial charge in [0, 0.05) is 40.4 Å². The summed E-state index contributed by atoms with van der Waals surface area (Å²) in [5.74, 6) is 0.266. The van der Waals surface area contributed by atoms with Crippen LogP contribution in [0.5, 0.6) is 5.75 Å². The molecule has 3 aliphatic rings. The molecule has 1 aliphatic heterocycles. The SMILES string of the molecule is CN1CC[C@]23Cc4nc5cccc(Cl)c5cc4C[C@@]2(O)[C@H]1Cc1ccc(O)cc13. The zero-order valence-corrected chi connectivity index (χ0v) is 17.1. The van der Waals surface area contributed by atoms with Gasteiger partial charge in [0.15, 0.2) is 0 Å². The second-order valence-electron chi connectivity index (χ2n) is 9.05. The number of aromatic nitrogens is 1. The van der Waals surface area contributed by atoms with Gasteiger partial charge in [0.2, 0.25) is 0 Å². The van der Waals surface area contributed by atoms with Crippen molar-refractivity contribution in [2.24, 2.45) is 0 Å². The van der Waals surface area contributed by atoms with Crippen LogP contribution in [0.25, 0.3) is 10.9 Å². The van der Waals surface area contributed by atoms with Crippen LogP contribution in [0.1, 0.15) is 28.8 Å². The summed E-state index contributed by atoms with van der Waals surface area (Å²) in [7, 11) is 2.11. The molecule has 0 radical (unpaired) electrons. The normalized spacial score (nSPS) is 30.5. The van der Waals surface area contributed by atoms with Crippen molar-refractivity contribution in [3.8, 4) is 5.75 Å². The zero-order valence-electron chi connectivity index (χ0n) is 16.3. The molecule has 2 N–H and O–H groups in total. The van der Waals surface area contributed by atoms with Crippen LogP contribution in [0.4, 0.5) is 0 Å². The molecule has 2 aliphatic carbocycles. The van der Waals surface area contributed by atoms with Crippen molar-refractivity contribution in [3.63, 3.8) is 0 Å². The van der Waals surface area contributed by atoms with E-state index in [1.807, 2.05) is 30.3 Å². The first kappa shape index (κ1) is 17.7. The average molecular weight is 407 g/mol. The first-order valence-electron chi connectivity index (χ1n) is 10.2. The van der Waals surface area contributed by atoms with Gasteiger partial charge < -0.3 is 15.1 Å². The number of benzene rings is 2. The number of piperidine rings is 1. The largest absolute Gasteiger partial charge is 0.508 e. The molecular weight excluding hydrogens is 384 g/mol. The zero-order chi connectivity index (χ0) is 20.0. The Labute approximate surface area is 174 Å². The van der Waals surface area contributed by atoms with Gasteiger partial charge in [-0.05, 0) is 73.5 Å². The number of rotatable bonds is 0. The second-order valence-corrected chi connectivity index (χ2v) is 9.46. The van der Waals surface area contributed by atoms with E-state index in [4.69, 9.17) is 16.6 Å². The summed E-state index contributed by atoms with van der Waals surface area (Å²) in [5.41, 5.74) is 4.04. The molecule has 6 rings (SSSR count). The Morgan fingerprint density at radius 2 is 2.00 bits per heavy atom. The van der Waals surface area contributed by atoms with Gasteiger partial charge >= 0.3 is 0 Å². The van der Waals surface area contributed by atoms with Crippen molar-refractivity contribution in [2.75, 3.05) is 13.6 Å². The van der Waals surface area contributed by atoms with Crippen molar-refractivity contribution in [3.05, 3.63) is 69.9 Å². The molecule has 0 unspecified atom stereocenters. The van der Waals surface area contributed by atoms with E-state index in [0.717, 1.165) is 47.1 Å². The Hall–Kier alpha value is -2.14. The number of phenols is 1. The van der Waals surface area contributed by atoms with Crippen LogP contribution in [-0.4, -0.2) is 45.3 Å². The van der Waals surface area contributed by atoms with Crippen molar-refractivity contribution >= 4 is 22.5 Å². The van der Waals surface area contributed by atoms with E-state index in [9.17, 15) is 10.2 Å². The number of hydrogen-bond donors (Lipinski definition) is 2. The quantitative estimate of drug-likeness (QED) is 0.598. The van der Waals surface area contributed by atoms with Gasteiger partial charge in [-0.3, -0.25) is 4.98 Å². The minimum Gasteiger partial charge on any atom is -0.508 e. The maximum absolute atomic E-state index is 12.3. The molecule has 2 heterocycles. The molecule has 5 heteroatoms. The van der Waals surface area contributed by atoms with Gasteiger partial charge in [0.25, 0.3) is 0 Å². The number of aromatic hydroxyl groups is 1. The smallest absolute Gasteiger partial charge is 0.115 e. The highest BCUT2D eigenvalue weighted by atomic mass is 35.5. The summed E-state index contributed by atoms with van der Waals surface area (Å²) in [4.78, 5) is 7.29. The van der Waals surface area contributed by atoms with E-state index in [1.165, 1.54) is 5.56 Å². The predicted octanol–water partition coefficient (Wildman–Crippen LogP) is 3.62. The summed E-state index contributed by atoms with van der Waals surface area (Å²) in [6, 6.07) is 13.7. The fourth-order valence-electron chi connectivity index (χ4n) is 6.26. The molecule has 1 aromatic heterocycles. The van der Waals surface area contributed by atoms with Gasteiger partial charge in [-0.2, -0.15) is 0 Å². The minimum atomic E-state index is -0.898. The number of hydrogen-bond acceptors (Lipinski definition) is 4. The number of likely N-dealkylation sites (tertiary alicyclic amines) is 1. The molecule has 2 aromatic carbocycles. The van der Waals surface area contributed by atoms with Crippen molar-refractivity contribution < 1.29 is 10.2 Å². The van der Waals surface area contributed by atoms with Crippen molar-refractivity contribution in [2.45, 2.75) is 42.7 Å². The maximum atomic E-state index is 12.3. The summed E-state index contributed by atoms with van der Waals surface area (Å²) < 4.78 is 0. The van der Waals surface area contributed by atoms with Crippen LogP contribution < -0.4 is 0 Å². The lowest BCUT2D eigenvalue weighted by atomic mass is 9.49. The lowest BCUT2D eigenvalue weighted by Crippen LogP contribution is -2.73. The number of fused-ring (bicyclic) bond motifs is 3. The molecule has 1 saturated heterocycles. The van der Waals surface area contributed by atoms with Gasteiger partial charge in [-0.1, -0.05) is 23.7 Å². The first-order valence-corrected chi connectivity index (χ1v) is 10.6. The number of pyridine rings is 1. The number of phenolic OH excluding ortho intramolecular Hbond substituents is 1. The Kier molecular flexibility index (Phi) is 3.49. The van der Waals surface area contributed by atoms with E-state index < -0.39 is 11.0 Å². The molecule has 0 amide bonds. The van der Waals surface area contributed by atoms with E-state index in [2.05, 4.69) is 18.0 Å². The van der Waals surface area contributed by atoms with E-state index in [1.54, 1.807) is 6.07 Å². The van der Waals surface area contributed by atoms with E-state index in [0.29, 0.717) is 17.9 Å². The topological polar surface area (TPSA) is 56.6 Å². The molecule has 29 heavy (non-hydrogen) atoms. The fourth-order valence-corrected chi connectivity index (χ4v) is 6.48. The van der Waals surface area contributed by atoms with Crippen LogP contribution in [0.3, 0.4) is 0 Å². The van der Waals surface area contributed by atoms with Gasteiger partial charge in [0.05, 0.1) is 11.1 Å². The second kappa shape index (κ2) is 5.72. The summed E-state index contributed by atoms with van der Waals surface area (Å²) in [5, 5.41) is 24.2. The number of aliphatic hydroxyl groups is 1. The molecule has 0 spiro atoms. The van der Waals surface area contributed by atoms with E-state index in [-0.39, 0.29) is 11.8 Å². The summed E-state index contributed by atoms with van der Waals surface area (Å²) in [6.07, 6.45) is 2.88. The molecule has 3 aromatic rings. The third-order valence-electron chi connectivity index (χ3n) is 7.73. The molecular formula is C24H23ClN2O2. The fraction of sp³-hybridized carbons (Fsp3) is 0.375. The van der Waals surface area contributed by atoms with Crippen LogP contribution in [0, 0.1) is 0 Å². The highest BCUT2D eigenvalue weighted by Gasteiger charge is 2.64. The highest BCUT2D eigenvalue weighted by Crippen LogP contribution is 2.57. The van der Waals surface area contributed by atoms with Gasteiger partial charge in [-0.15, -0.1) is 0 Å². The molecule has 1 fully saturated rings. The van der Waals surface area contributed by atoms with E-state index >= 15 is 0 Å². The molecule has 2 bridgehead atoms. The lowest BCUT2D eigenvalue weighted by Gasteiger charge is -2.63. The number of likely N-dealkylation sites (N-methyl/N-ethyl adjacent to an activating group) is 1. The molecule has 3 atom stereocenters. The first-order chi connectivity index (χ1) is 13.9. The molecule has 148 valence electrons. The predicted molar refractivity (Wildman–Crippen MR) is 114 cm³/mol. The van der Waals surface area contributed by atoms with Crippen LogP contribution in [0.2, 0.25) is 5.02 Å². The van der Waals surface area contributed by atoms with Gasteiger partial charge in [-0.25, -0.2) is 0 Å². The lowest BCUT2D eigenvalue weighted by molar-refractivity contribution is -0.145. The Morgan fingerprint density at radius 3 is 2.86 bits per heavy atom. The monoisotopic (exact) mass is 406 g/mol. The summed E-state index contributed by atoms with van der Waals surface area (Å²) in [6.45, 7) is 0.927. The van der Waals surface area contributed by atoms with Crippen molar-refractivity contribution in [1.82, 2.24) is 9.88 Å². The van der Waals surface area contributed by atoms with Crippen LogP contribution >= 0.6 is 11.6 Å². The maximum Gasteiger partial charge on any atom is 0.115 e. The number of nitrogens with zero attached hydrogens (tertiary/aromatic N) is 2. The Bertz CT molecular complexity index is 1180. The Balaban J connectivity index is 1.62. The average Bonchev–Trinajstić information content (AvgIpc) is 2.69. The Morgan fingerprint density at radius 1 is 1.14 bits per heavy atom. The highest BCUT2D eigenvalue weighted by molar-refractivity contribution is 6.35. The minimum absolute atomic E-state index is 0.0448. The standard InChI is InChI=1S/C24H23ClN2O2/c1-27-8-7-23-13-21-15(9-17-19(25)3-2-4-20(17)26-21)12-24(23,29)22(27)10-14-5-6-16(28)11-18(14)23/h2-6,9,11,22,28-29H,7-8,10,12-13H2,1H3/t22-,23-,24-/m1/s1. The van der Waals surface area contributed by atoms with Gasteiger partial charge in [0.1, 0.15) is 5.75 Å². The van der Waals surface area contributed by atoms with Crippen molar-refractivity contribution in [1.29, 1.82) is 0 Å².